The third-order valence-electron chi connectivity index (χ3n) is 0.500. The first-order chi connectivity index (χ1) is 3.56. The average Bonchev–Trinajstić information content (AvgIpc) is 1.59. The van der Waals surface area contributed by atoms with Crippen molar-refractivity contribution in [3.8, 4) is 0 Å². The minimum atomic E-state index is -4.18. The Morgan fingerprint density at radius 3 is 1.89 bits per heavy atom. The van der Waals surface area contributed by atoms with Crippen molar-refractivity contribution in [1.82, 2.24) is 0 Å². The Balaban J connectivity index is 0. The number of rotatable bonds is 3. The normalized spacial score (nSPS) is 10.7. The molecule has 0 aliphatic rings. The summed E-state index contributed by atoms with van der Waals surface area (Å²) in [6.07, 6.45) is 0.663. The molecule has 0 aromatic rings. The van der Waals surface area contributed by atoms with Crippen molar-refractivity contribution in [3.63, 3.8) is 0 Å². The average molecular weight is 224 g/mol. The molecule has 0 aliphatic heterocycles. The Hall–Kier alpha value is 1.86. The maximum absolute atomic E-state index is 8.18. The second-order valence-electron chi connectivity index (χ2n) is 1.42. The van der Waals surface area contributed by atoms with Gasteiger partial charge in [-0.2, -0.15) is 0 Å². The van der Waals surface area contributed by atoms with Crippen molar-refractivity contribution in [2.45, 2.75) is 13.3 Å². The maximum atomic E-state index is 8.18. The molecule has 0 saturated carbocycles. The van der Waals surface area contributed by atoms with E-state index in [1.54, 1.807) is 6.92 Å². The predicted molar refractivity (Wildman–Crippen MR) is 34.4 cm³/mol. The fourth-order valence-electron chi connectivity index (χ4n) is 0.239. The monoisotopic (exact) mass is 223 g/mol. The third kappa shape index (κ3) is 12.9. The standard InChI is InChI=1S/C3H10O4Si.Rb/c1-2-3-7-8(4,5)6;/h4-6H,2-3H2,1H3;. The van der Waals surface area contributed by atoms with Crippen LogP contribution < -0.4 is 0 Å². The summed E-state index contributed by atoms with van der Waals surface area (Å²) in [6, 6.07) is 0. The molecule has 1 radical (unpaired) electrons. The summed E-state index contributed by atoms with van der Waals surface area (Å²) in [5, 5.41) is 0. The van der Waals surface area contributed by atoms with Crippen molar-refractivity contribution in [3.05, 3.63) is 0 Å². The van der Waals surface area contributed by atoms with Gasteiger partial charge in [0.15, 0.2) is 0 Å². The van der Waals surface area contributed by atoms with Gasteiger partial charge in [0, 0.05) is 64.8 Å². The molecular weight excluding hydrogens is 214 g/mol. The number of hydrogen-bond acceptors (Lipinski definition) is 4. The van der Waals surface area contributed by atoms with Crippen LogP contribution in [0.5, 0.6) is 0 Å². The molecule has 0 aromatic carbocycles. The van der Waals surface area contributed by atoms with E-state index in [0.29, 0.717) is 6.42 Å². The first-order valence-electron chi connectivity index (χ1n) is 2.37. The smallest absolute Gasteiger partial charge is 0.368 e. The van der Waals surface area contributed by atoms with Gasteiger partial charge in [0.1, 0.15) is 0 Å². The van der Waals surface area contributed by atoms with Crippen LogP contribution in [0, 0.1) is 0 Å². The van der Waals surface area contributed by atoms with E-state index in [-0.39, 0.29) is 64.8 Å². The van der Waals surface area contributed by atoms with Crippen LogP contribution in [0.15, 0.2) is 0 Å². The molecule has 0 fully saturated rings. The predicted octanol–water partition coefficient (Wildman–Crippen LogP) is -1.56. The van der Waals surface area contributed by atoms with Gasteiger partial charge in [-0.15, -0.1) is 0 Å². The molecule has 0 heterocycles. The van der Waals surface area contributed by atoms with Crippen molar-refractivity contribution in [1.29, 1.82) is 0 Å². The summed E-state index contributed by atoms with van der Waals surface area (Å²) < 4.78 is 4.18. The summed E-state index contributed by atoms with van der Waals surface area (Å²) in [4.78, 5) is 24.5. The van der Waals surface area contributed by atoms with Gasteiger partial charge in [0.25, 0.3) is 0 Å². The van der Waals surface area contributed by atoms with E-state index in [1.165, 1.54) is 0 Å². The minimum absolute atomic E-state index is 0. The van der Waals surface area contributed by atoms with Crippen molar-refractivity contribution in [2.24, 2.45) is 0 Å². The molecule has 0 amide bonds. The molecule has 0 atom stereocenters. The molecule has 0 saturated heterocycles. The van der Waals surface area contributed by atoms with E-state index in [4.69, 9.17) is 14.4 Å². The second kappa shape index (κ2) is 6.56. The summed E-state index contributed by atoms with van der Waals surface area (Å²) in [5.41, 5.74) is 0. The largest absolute Gasteiger partial charge is 0.671 e. The fraction of sp³-hybridized carbons (Fsp3) is 1.00. The van der Waals surface area contributed by atoms with Crippen LogP contribution in [-0.4, -0.2) is 88.2 Å². The zero-order valence-corrected chi connectivity index (χ0v) is 11.6. The minimum Gasteiger partial charge on any atom is -0.368 e. The van der Waals surface area contributed by atoms with Gasteiger partial charge in [-0.1, -0.05) is 6.92 Å². The van der Waals surface area contributed by atoms with E-state index in [0.717, 1.165) is 0 Å². The topological polar surface area (TPSA) is 69.9 Å². The molecule has 3 N–H and O–H groups in total. The maximum Gasteiger partial charge on any atom is 0.671 e. The molecule has 0 aliphatic carbocycles. The Morgan fingerprint density at radius 1 is 1.33 bits per heavy atom. The van der Waals surface area contributed by atoms with Crippen molar-refractivity contribution < 1.29 is 18.8 Å². The van der Waals surface area contributed by atoms with Gasteiger partial charge < -0.3 is 18.8 Å². The number of hydrogen-bond donors (Lipinski definition) is 3. The summed E-state index contributed by atoms with van der Waals surface area (Å²) in [5.74, 6) is 0. The van der Waals surface area contributed by atoms with Crippen LogP contribution in [0.2, 0.25) is 0 Å². The SMILES string of the molecule is CCCO[Si](O)(O)O.[Rb]. The Labute approximate surface area is 104 Å². The third-order valence-corrected chi connectivity index (χ3v) is 1.09. The van der Waals surface area contributed by atoms with Crippen LogP contribution in [0.3, 0.4) is 0 Å². The quantitative estimate of drug-likeness (QED) is 0.507. The first kappa shape index (κ1) is 13.5. The molecule has 6 heteroatoms. The molecule has 0 bridgehead atoms. The van der Waals surface area contributed by atoms with E-state index >= 15 is 0 Å². The molecule has 0 aromatic heterocycles. The zero-order valence-electron chi connectivity index (χ0n) is 5.66. The van der Waals surface area contributed by atoms with E-state index in [9.17, 15) is 0 Å². The molecular formula is C3H10O4RbSi. The van der Waals surface area contributed by atoms with Crippen LogP contribution in [0.1, 0.15) is 13.3 Å². The van der Waals surface area contributed by atoms with E-state index in [1.807, 2.05) is 0 Å². The van der Waals surface area contributed by atoms with Crippen LogP contribution in [0.25, 0.3) is 0 Å². The molecule has 4 nitrogen and oxygen atoms in total. The first-order valence-corrected chi connectivity index (χ1v) is 4.12. The van der Waals surface area contributed by atoms with Gasteiger partial charge in [0.05, 0.1) is 0 Å². The van der Waals surface area contributed by atoms with Crippen LogP contribution in [-0.2, 0) is 4.43 Å². The molecule has 51 valence electrons. The van der Waals surface area contributed by atoms with E-state index in [2.05, 4.69) is 4.43 Å². The molecule has 0 unspecified atom stereocenters. The van der Waals surface area contributed by atoms with Gasteiger partial charge in [-0.3, -0.25) is 0 Å². The van der Waals surface area contributed by atoms with Gasteiger partial charge in [0.2, 0.25) is 0 Å². The van der Waals surface area contributed by atoms with E-state index < -0.39 is 9.05 Å². The summed E-state index contributed by atoms with van der Waals surface area (Å²) in [7, 11) is -4.18. The second-order valence-corrected chi connectivity index (χ2v) is 2.86. The Morgan fingerprint density at radius 2 is 1.78 bits per heavy atom. The van der Waals surface area contributed by atoms with Crippen LogP contribution in [0.4, 0.5) is 0 Å². The van der Waals surface area contributed by atoms with Crippen molar-refractivity contribution >= 4 is 67.2 Å². The molecule has 0 rings (SSSR count). The zero-order chi connectivity index (χ0) is 6.62. The van der Waals surface area contributed by atoms with Crippen LogP contribution >= 0.6 is 0 Å². The summed E-state index contributed by atoms with van der Waals surface area (Å²) >= 11 is 0. The van der Waals surface area contributed by atoms with Gasteiger partial charge >= 0.3 is 9.05 Å². The molecule has 9 heavy (non-hydrogen) atoms. The van der Waals surface area contributed by atoms with Crippen molar-refractivity contribution in [2.75, 3.05) is 6.61 Å². The van der Waals surface area contributed by atoms with Gasteiger partial charge in [-0.05, 0) is 6.42 Å². The van der Waals surface area contributed by atoms with Gasteiger partial charge in [-0.25, -0.2) is 0 Å². The Bertz CT molecular complexity index is 63.3. The fourth-order valence-corrected chi connectivity index (χ4v) is 0.717. The molecule has 0 spiro atoms. The Kier molecular flexibility index (Phi) is 9.81. The summed E-state index contributed by atoms with van der Waals surface area (Å²) in [6.45, 7) is 2.00.